The van der Waals surface area contributed by atoms with Gasteiger partial charge in [0, 0.05) is 25.6 Å². The average molecular weight is 321 g/mol. The molecule has 0 aromatic carbocycles. The summed E-state index contributed by atoms with van der Waals surface area (Å²) < 4.78 is 2.10. The lowest BCUT2D eigenvalue weighted by molar-refractivity contribution is 0.0989. The summed E-state index contributed by atoms with van der Waals surface area (Å²) in [4.78, 5) is 14.4. The number of nitrogens with zero attached hydrogens (tertiary/aromatic N) is 4. The fraction of sp³-hybridized carbons (Fsp3) is 0.812. The number of hydrogen-bond acceptors (Lipinski definition) is 4. The highest BCUT2D eigenvalue weighted by Crippen LogP contribution is 2.23. The Kier molecular flexibility index (Phi) is 5.15. The number of carbonyl (C=O) groups excluding carboxylic acids is 1. The average Bonchev–Trinajstić information content (AvgIpc) is 3.15. The zero-order chi connectivity index (χ0) is 16.2. The number of urea groups is 1. The fourth-order valence-corrected chi connectivity index (χ4v) is 3.67. The van der Waals surface area contributed by atoms with Gasteiger partial charge in [-0.3, -0.25) is 0 Å². The van der Waals surface area contributed by atoms with Gasteiger partial charge in [0.1, 0.15) is 5.82 Å². The van der Waals surface area contributed by atoms with E-state index in [9.17, 15) is 9.90 Å². The molecule has 1 aliphatic heterocycles. The molecule has 0 spiro atoms. The zero-order valence-corrected chi connectivity index (χ0v) is 13.9. The SMILES string of the molecule is C[C@@H](O)CN(C(=O)NCc1nnc2n1CCC2)C1CCCCC1. The van der Waals surface area contributed by atoms with Crippen LogP contribution in [0.15, 0.2) is 0 Å². The van der Waals surface area contributed by atoms with E-state index < -0.39 is 6.10 Å². The van der Waals surface area contributed by atoms with E-state index in [-0.39, 0.29) is 12.1 Å². The zero-order valence-electron chi connectivity index (χ0n) is 13.9. The Hall–Kier alpha value is -1.63. The van der Waals surface area contributed by atoms with E-state index in [1.165, 1.54) is 6.42 Å². The standard InChI is InChI=1S/C16H27N5O2/c1-12(22)11-21(13-6-3-2-4-7-13)16(23)17-10-15-19-18-14-8-5-9-20(14)15/h12-13,22H,2-11H2,1H3,(H,17,23)/t12-/m1/s1. The van der Waals surface area contributed by atoms with Crippen molar-refractivity contribution in [3.63, 3.8) is 0 Å². The molecule has 2 N–H and O–H groups in total. The van der Waals surface area contributed by atoms with Gasteiger partial charge in [-0.25, -0.2) is 4.79 Å². The third-order valence-electron chi connectivity index (χ3n) is 4.82. The first kappa shape index (κ1) is 16.2. The van der Waals surface area contributed by atoms with E-state index in [1.54, 1.807) is 6.92 Å². The molecular weight excluding hydrogens is 294 g/mol. The minimum atomic E-state index is -0.514. The maximum atomic E-state index is 12.6. The van der Waals surface area contributed by atoms with Crippen molar-refractivity contribution in [2.24, 2.45) is 0 Å². The molecule has 2 amide bonds. The van der Waals surface area contributed by atoms with Gasteiger partial charge in [0.2, 0.25) is 0 Å². The van der Waals surface area contributed by atoms with Crippen LogP contribution in [0.3, 0.4) is 0 Å². The molecule has 0 bridgehead atoms. The lowest BCUT2D eigenvalue weighted by Gasteiger charge is -2.35. The largest absolute Gasteiger partial charge is 0.392 e. The molecule has 23 heavy (non-hydrogen) atoms. The normalized spacial score (nSPS) is 19.4. The van der Waals surface area contributed by atoms with Crippen LogP contribution in [-0.2, 0) is 19.5 Å². The highest BCUT2D eigenvalue weighted by Gasteiger charge is 2.27. The first-order chi connectivity index (χ1) is 11.1. The molecule has 1 aromatic heterocycles. The predicted molar refractivity (Wildman–Crippen MR) is 85.8 cm³/mol. The van der Waals surface area contributed by atoms with Gasteiger partial charge < -0.3 is 19.9 Å². The van der Waals surface area contributed by atoms with Crippen LogP contribution in [0.2, 0.25) is 0 Å². The van der Waals surface area contributed by atoms with Gasteiger partial charge in [-0.05, 0) is 26.2 Å². The van der Waals surface area contributed by atoms with E-state index in [2.05, 4.69) is 20.1 Å². The molecule has 0 unspecified atom stereocenters. The van der Waals surface area contributed by atoms with Crippen molar-refractivity contribution in [1.82, 2.24) is 25.0 Å². The van der Waals surface area contributed by atoms with Crippen LogP contribution in [-0.4, -0.2) is 49.5 Å². The Morgan fingerprint density at radius 3 is 2.87 bits per heavy atom. The Bertz CT molecular complexity index is 537. The number of aliphatic hydroxyl groups is 1. The second-order valence-electron chi connectivity index (χ2n) is 6.74. The smallest absolute Gasteiger partial charge is 0.318 e. The van der Waals surface area contributed by atoms with Crippen LogP contribution in [0.1, 0.15) is 57.1 Å². The van der Waals surface area contributed by atoms with Crippen molar-refractivity contribution in [3.8, 4) is 0 Å². The molecule has 0 radical (unpaired) electrons. The summed E-state index contributed by atoms with van der Waals surface area (Å²) in [5.74, 6) is 1.84. The third-order valence-corrected chi connectivity index (χ3v) is 4.82. The maximum absolute atomic E-state index is 12.6. The molecule has 1 aromatic rings. The first-order valence-electron chi connectivity index (χ1n) is 8.78. The predicted octanol–water partition coefficient (Wildman–Crippen LogP) is 1.45. The summed E-state index contributed by atoms with van der Waals surface area (Å²) in [6.45, 7) is 3.45. The first-order valence-corrected chi connectivity index (χ1v) is 8.78. The minimum Gasteiger partial charge on any atom is -0.392 e. The number of nitrogens with one attached hydrogen (secondary N) is 1. The minimum absolute atomic E-state index is 0.104. The molecule has 2 heterocycles. The lowest BCUT2D eigenvalue weighted by Crippen LogP contribution is -2.49. The molecule has 7 nitrogen and oxygen atoms in total. The summed E-state index contributed by atoms with van der Waals surface area (Å²) in [6, 6.07) is 0.135. The topological polar surface area (TPSA) is 83.3 Å². The fourth-order valence-electron chi connectivity index (χ4n) is 3.67. The number of hydrogen-bond donors (Lipinski definition) is 2. The number of fused-ring (bicyclic) bond motifs is 1. The van der Waals surface area contributed by atoms with Gasteiger partial charge >= 0.3 is 6.03 Å². The van der Waals surface area contributed by atoms with Crippen LogP contribution in [0.4, 0.5) is 4.79 Å². The molecular formula is C16H27N5O2. The molecule has 0 saturated heterocycles. The van der Waals surface area contributed by atoms with E-state index in [0.717, 1.165) is 56.7 Å². The monoisotopic (exact) mass is 321 g/mol. The van der Waals surface area contributed by atoms with Gasteiger partial charge in [0.05, 0.1) is 12.6 Å². The van der Waals surface area contributed by atoms with Gasteiger partial charge in [-0.2, -0.15) is 0 Å². The van der Waals surface area contributed by atoms with Crippen molar-refractivity contribution in [1.29, 1.82) is 0 Å². The molecule has 128 valence electrons. The summed E-state index contributed by atoms with van der Waals surface area (Å²) in [5.41, 5.74) is 0. The van der Waals surface area contributed by atoms with E-state index >= 15 is 0 Å². The quantitative estimate of drug-likeness (QED) is 0.860. The van der Waals surface area contributed by atoms with E-state index in [0.29, 0.717) is 13.1 Å². The van der Waals surface area contributed by atoms with E-state index in [1.807, 2.05) is 4.90 Å². The molecule has 2 aliphatic rings. The van der Waals surface area contributed by atoms with Crippen molar-refractivity contribution in [3.05, 3.63) is 11.6 Å². The number of aliphatic hydroxyl groups excluding tert-OH is 1. The second-order valence-corrected chi connectivity index (χ2v) is 6.74. The van der Waals surface area contributed by atoms with Crippen molar-refractivity contribution in [2.75, 3.05) is 6.54 Å². The lowest BCUT2D eigenvalue weighted by atomic mass is 9.94. The summed E-state index contributed by atoms with van der Waals surface area (Å²) in [6.07, 6.45) is 7.17. The van der Waals surface area contributed by atoms with Crippen LogP contribution in [0, 0.1) is 0 Å². The number of carbonyl (C=O) groups is 1. The molecule has 3 rings (SSSR count). The van der Waals surface area contributed by atoms with Gasteiger partial charge in [-0.1, -0.05) is 19.3 Å². The highest BCUT2D eigenvalue weighted by molar-refractivity contribution is 5.74. The second kappa shape index (κ2) is 7.29. The number of aryl methyl sites for hydroxylation is 1. The van der Waals surface area contributed by atoms with Crippen LogP contribution in [0.25, 0.3) is 0 Å². The summed E-state index contributed by atoms with van der Waals surface area (Å²) in [7, 11) is 0. The molecule has 1 saturated carbocycles. The highest BCUT2D eigenvalue weighted by atomic mass is 16.3. The molecule has 1 fully saturated rings. The van der Waals surface area contributed by atoms with Crippen molar-refractivity contribution < 1.29 is 9.90 Å². The van der Waals surface area contributed by atoms with Crippen LogP contribution >= 0.6 is 0 Å². The summed E-state index contributed by atoms with van der Waals surface area (Å²) in [5, 5.41) is 21.0. The Balaban J connectivity index is 1.60. The molecule has 1 atom stereocenters. The number of amides is 2. The van der Waals surface area contributed by atoms with Gasteiger partial charge in [0.25, 0.3) is 0 Å². The van der Waals surface area contributed by atoms with Crippen LogP contribution in [0.5, 0.6) is 0 Å². The van der Waals surface area contributed by atoms with E-state index in [4.69, 9.17) is 0 Å². The number of aromatic nitrogens is 3. The number of rotatable bonds is 5. The van der Waals surface area contributed by atoms with Crippen LogP contribution < -0.4 is 5.32 Å². The summed E-state index contributed by atoms with van der Waals surface area (Å²) >= 11 is 0. The Morgan fingerprint density at radius 1 is 1.35 bits per heavy atom. The van der Waals surface area contributed by atoms with Gasteiger partial charge in [-0.15, -0.1) is 10.2 Å². The van der Waals surface area contributed by atoms with Crippen molar-refractivity contribution in [2.45, 2.75) is 77.1 Å². The Labute approximate surface area is 137 Å². The molecule has 7 heteroatoms. The van der Waals surface area contributed by atoms with Gasteiger partial charge in [0.15, 0.2) is 5.82 Å². The van der Waals surface area contributed by atoms with Crippen molar-refractivity contribution >= 4 is 6.03 Å². The maximum Gasteiger partial charge on any atom is 0.318 e. The molecule has 1 aliphatic carbocycles. The third kappa shape index (κ3) is 3.83. The Morgan fingerprint density at radius 2 is 2.13 bits per heavy atom.